The van der Waals surface area contributed by atoms with Crippen molar-refractivity contribution in [1.82, 2.24) is 29.2 Å². The molecule has 1 fully saturated rings. The second-order valence-electron chi connectivity index (χ2n) is 9.33. The lowest BCUT2D eigenvalue weighted by molar-refractivity contribution is 0.565. The molecule has 0 saturated carbocycles. The van der Waals surface area contributed by atoms with Crippen molar-refractivity contribution in [2.45, 2.75) is 63.4 Å². The van der Waals surface area contributed by atoms with Gasteiger partial charge in [0.25, 0.3) is 0 Å². The van der Waals surface area contributed by atoms with E-state index in [1.807, 2.05) is 29.9 Å². The Kier molecular flexibility index (Phi) is 8.93. The molecular formula is C25H37N9O2S. The average molecular weight is 528 g/mol. The number of aryl methyl sites for hydroxylation is 2. The first kappa shape index (κ1) is 26.8. The zero-order valence-electron chi connectivity index (χ0n) is 21.8. The lowest BCUT2D eigenvalue weighted by atomic mass is 10.1. The smallest absolute Gasteiger partial charge is 0.240 e. The van der Waals surface area contributed by atoms with Crippen LogP contribution >= 0.6 is 0 Å². The Labute approximate surface area is 219 Å². The maximum atomic E-state index is 13.0. The van der Waals surface area contributed by atoms with Crippen LogP contribution in [0.15, 0.2) is 41.7 Å². The normalized spacial score (nSPS) is 15.8. The quantitative estimate of drug-likeness (QED) is 0.307. The van der Waals surface area contributed by atoms with E-state index in [0.717, 1.165) is 56.5 Å². The first-order chi connectivity index (χ1) is 17.9. The maximum absolute atomic E-state index is 13.0. The molecule has 3 heterocycles. The fraction of sp³-hybridized carbons (Fsp3) is 0.520. The van der Waals surface area contributed by atoms with Crippen molar-refractivity contribution in [3.8, 4) is 0 Å². The Balaban J connectivity index is 1.47. The molecule has 37 heavy (non-hydrogen) atoms. The molecule has 1 aliphatic heterocycles. The fourth-order valence-corrected chi connectivity index (χ4v) is 5.41. The van der Waals surface area contributed by atoms with E-state index in [4.69, 9.17) is 0 Å². The summed E-state index contributed by atoms with van der Waals surface area (Å²) in [4.78, 5) is 20.5. The number of benzene rings is 1. The number of hydrogen-bond acceptors (Lipinski definition) is 9. The van der Waals surface area contributed by atoms with Crippen LogP contribution in [0.3, 0.4) is 0 Å². The molecule has 1 atom stereocenters. The van der Waals surface area contributed by atoms with E-state index in [2.05, 4.69) is 54.0 Å². The molecule has 1 aromatic carbocycles. The topological polar surface area (TPSA) is 130 Å². The summed E-state index contributed by atoms with van der Waals surface area (Å²) in [6.45, 7) is 6.43. The monoisotopic (exact) mass is 527 g/mol. The average Bonchev–Trinajstić information content (AvgIpc) is 3.54. The van der Waals surface area contributed by atoms with Crippen LogP contribution in [-0.4, -0.2) is 58.6 Å². The minimum Gasteiger partial charge on any atom is -0.354 e. The predicted octanol–water partition coefficient (Wildman–Crippen LogP) is 2.94. The predicted molar refractivity (Wildman–Crippen MR) is 145 cm³/mol. The standard InChI is InChI=1S/C25H37N9O2S/c1-4-7-19-9-11-22(12-10-19)37(35,36)29-16-21-8-6-14-34(21)25-31-23(26-13-5-2)30-24(32-25)27-15-20-17-33(3)18-28-20/h9-12,17-18,21,29H,4-8,13-16H2,1-3H3,(H2,26,27,30,31,32). The first-order valence-electron chi connectivity index (χ1n) is 12.9. The van der Waals surface area contributed by atoms with Crippen molar-refractivity contribution >= 4 is 27.9 Å². The maximum Gasteiger partial charge on any atom is 0.240 e. The van der Waals surface area contributed by atoms with Crippen LogP contribution in [0.4, 0.5) is 17.8 Å². The van der Waals surface area contributed by atoms with Crippen LogP contribution in [0, 0.1) is 0 Å². The Morgan fingerprint density at radius 3 is 2.46 bits per heavy atom. The Hall–Kier alpha value is -3.25. The van der Waals surface area contributed by atoms with Gasteiger partial charge >= 0.3 is 0 Å². The highest BCUT2D eigenvalue weighted by molar-refractivity contribution is 7.89. The van der Waals surface area contributed by atoms with Gasteiger partial charge in [-0.3, -0.25) is 0 Å². The van der Waals surface area contributed by atoms with Crippen LogP contribution in [-0.2, 0) is 30.0 Å². The van der Waals surface area contributed by atoms with Gasteiger partial charge in [0.1, 0.15) is 0 Å². The largest absolute Gasteiger partial charge is 0.354 e. The molecule has 0 bridgehead atoms. The van der Waals surface area contributed by atoms with Crippen molar-refractivity contribution in [1.29, 1.82) is 0 Å². The number of hydrogen-bond donors (Lipinski definition) is 3. The molecule has 1 unspecified atom stereocenters. The van der Waals surface area contributed by atoms with Gasteiger partial charge in [-0.25, -0.2) is 18.1 Å². The van der Waals surface area contributed by atoms with Crippen LogP contribution in [0.25, 0.3) is 0 Å². The third-order valence-corrected chi connectivity index (χ3v) is 7.70. The van der Waals surface area contributed by atoms with Crippen molar-refractivity contribution in [3.05, 3.63) is 48.0 Å². The van der Waals surface area contributed by atoms with Gasteiger partial charge in [0.15, 0.2) is 0 Å². The summed E-state index contributed by atoms with van der Waals surface area (Å²) in [5.41, 5.74) is 2.02. The first-order valence-corrected chi connectivity index (χ1v) is 14.4. The molecule has 1 aliphatic rings. The lowest BCUT2D eigenvalue weighted by Gasteiger charge is -2.25. The summed E-state index contributed by atoms with van der Waals surface area (Å²) in [6, 6.07) is 7.07. The number of imidazole rings is 1. The van der Waals surface area contributed by atoms with Crippen molar-refractivity contribution in [2.24, 2.45) is 7.05 Å². The minimum absolute atomic E-state index is 0.0563. The zero-order chi connectivity index (χ0) is 26.3. The molecule has 200 valence electrons. The van der Waals surface area contributed by atoms with E-state index in [1.54, 1.807) is 18.5 Å². The molecule has 0 spiro atoms. The number of anilines is 3. The SMILES string of the molecule is CCCNc1nc(NCc2cn(C)cn2)nc(N2CCCC2CNS(=O)(=O)c2ccc(CCC)cc2)n1. The van der Waals surface area contributed by atoms with E-state index in [0.29, 0.717) is 24.4 Å². The van der Waals surface area contributed by atoms with Crippen LogP contribution < -0.4 is 20.3 Å². The summed E-state index contributed by atoms with van der Waals surface area (Å²) >= 11 is 0. The van der Waals surface area contributed by atoms with E-state index in [-0.39, 0.29) is 17.5 Å². The fourth-order valence-electron chi connectivity index (χ4n) is 4.34. The van der Waals surface area contributed by atoms with E-state index in [9.17, 15) is 8.42 Å². The van der Waals surface area contributed by atoms with Gasteiger partial charge in [-0.15, -0.1) is 0 Å². The molecule has 3 N–H and O–H groups in total. The van der Waals surface area contributed by atoms with Gasteiger partial charge in [-0.05, 0) is 43.4 Å². The molecule has 4 rings (SSSR count). The summed E-state index contributed by atoms with van der Waals surface area (Å²) in [6.07, 6.45) is 8.35. The highest BCUT2D eigenvalue weighted by atomic mass is 32.2. The number of rotatable bonds is 13. The third-order valence-electron chi connectivity index (χ3n) is 6.26. The summed E-state index contributed by atoms with van der Waals surface area (Å²) in [7, 11) is -1.69. The van der Waals surface area contributed by atoms with Gasteiger partial charge in [0.2, 0.25) is 27.9 Å². The van der Waals surface area contributed by atoms with E-state index < -0.39 is 10.0 Å². The molecule has 0 amide bonds. The van der Waals surface area contributed by atoms with Gasteiger partial charge in [-0.2, -0.15) is 15.0 Å². The minimum atomic E-state index is -3.61. The van der Waals surface area contributed by atoms with Gasteiger partial charge in [0, 0.05) is 38.9 Å². The van der Waals surface area contributed by atoms with Gasteiger partial charge in [-0.1, -0.05) is 32.4 Å². The Bertz CT molecular complexity index is 1260. The molecule has 0 radical (unpaired) electrons. The van der Waals surface area contributed by atoms with E-state index >= 15 is 0 Å². The molecular weight excluding hydrogens is 490 g/mol. The Morgan fingerprint density at radius 1 is 1.03 bits per heavy atom. The molecule has 12 heteroatoms. The van der Waals surface area contributed by atoms with Crippen LogP contribution in [0.5, 0.6) is 0 Å². The van der Waals surface area contributed by atoms with E-state index in [1.165, 1.54) is 0 Å². The summed E-state index contributed by atoms with van der Waals surface area (Å²) in [5, 5.41) is 6.49. The molecule has 0 aliphatic carbocycles. The van der Waals surface area contributed by atoms with Gasteiger partial charge in [0.05, 0.1) is 23.5 Å². The summed E-state index contributed by atoms with van der Waals surface area (Å²) in [5.74, 6) is 1.48. The summed E-state index contributed by atoms with van der Waals surface area (Å²) < 4.78 is 30.6. The van der Waals surface area contributed by atoms with Crippen LogP contribution in [0.2, 0.25) is 0 Å². The number of nitrogens with one attached hydrogen (secondary N) is 3. The second kappa shape index (κ2) is 12.3. The lowest BCUT2D eigenvalue weighted by Crippen LogP contribution is -2.41. The van der Waals surface area contributed by atoms with Gasteiger partial charge < -0.3 is 20.1 Å². The Morgan fingerprint density at radius 2 is 1.78 bits per heavy atom. The number of nitrogens with zero attached hydrogens (tertiary/aromatic N) is 6. The molecule has 1 saturated heterocycles. The molecule has 3 aromatic rings. The second-order valence-corrected chi connectivity index (χ2v) is 11.1. The van der Waals surface area contributed by atoms with Crippen LogP contribution in [0.1, 0.15) is 50.8 Å². The van der Waals surface area contributed by atoms with Crippen molar-refractivity contribution in [2.75, 3.05) is 35.2 Å². The number of aromatic nitrogens is 5. The zero-order valence-corrected chi connectivity index (χ0v) is 22.6. The number of sulfonamides is 1. The molecule has 2 aromatic heterocycles. The highest BCUT2D eigenvalue weighted by Crippen LogP contribution is 2.24. The highest BCUT2D eigenvalue weighted by Gasteiger charge is 2.29. The third kappa shape index (κ3) is 7.16. The molecule has 11 nitrogen and oxygen atoms in total. The van der Waals surface area contributed by atoms with Crippen molar-refractivity contribution in [3.63, 3.8) is 0 Å². The van der Waals surface area contributed by atoms with Crippen molar-refractivity contribution < 1.29 is 8.42 Å².